The first-order chi connectivity index (χ1) is 8.85. The smallest absolute Gasteiger partial charge is 0.115 e. The summed E-state index contributed by atoms with van der Waals surface area (Å²) in [6.07, 6.45) is 2.80. The van der Waals surface area contributed by atoms with Crippen molar-refractivity contribution in [2.24, 2.45) is 0 Å². The first-order valence-corrected chi connectivity index (χ1v) is 6.79. The average molecular weight is 255 g/mol. The lowest BCUT2D eigenvalue weighted by atomic mass is 10.2. The van der Waals surface area contributed by atoms with Crippen LogP contribution in [0.4, 0.5) is 0 Å². The maximum atomic E-state index is 9.06. The quantitative estimate of drug-likeness (QED) is 0.784. The van der Waals surface area contributed by atoms with Gasteiger partial charge in [0.1, 0.15) is 11.1 Å². The number of pyridine rings is 2. The van der Waals surface area contributed by atoms with Crippen LogP contribution in [0.5, 0.6) is 0 Å². The Hall–Kier alpha value is -1.86. The van der Waals surface area contributed by atoms with E-state index in [1.54, 1.807) is 18.0 Å². The highest BCUT2D eigenvalue weighted by Gasteiger charge is 2.07. The maximum absolute atomic E-state index is 9.06. The third-order valence-electron chi connectivity index (χ3n) is 2.35. The summed E-state index contributed by atoms with van der Waals surface area (Å²) in [4.78, 5) is 8.80. The summed E-state index contributed by atoms with van der Waals surface area (Å²) in [6, 6.07) is 11.6. The predicted octanol–water partition coefficient (Wildman–Crippen LogP) is 3.52. The van der Waals surface area contributed by atoms with Gasteiger partial charge in [-0.2, -0.15) is 5.26 Å². The van der Waals surface area contributed by atoms with Crippen LogP contribution in [-0.2, 0) is 0 Å². The Labute approximate surface area is 111 Å². The van der Waals surface area contributed by atoms with Crippen LogP contribution in [0.25, 0.3) is 11.4 Å². The molecule has 0 atom stereocenters. The summed E-state index contributed by atoms with van der Waals surface area (Å²) in [6.45, 7) is 2.11. The molecule has 0 aliphatic rings. The van der Waals surface area contributed by atoms with Gasteiger partial charge in [-0.05, 0) is 36.4 Å². The van der Waals surface area contributed by atoms with Crippen LogP contribution >= 0.6 is 11.8 Å². The SMILES string of the molecule is CCCSc1nc(-c2ccccn2)ccc1C#N. The highest BCUT2D eigenvalue weighted by Crippen LogP contribution is 2.24. The summed E-state index contributed by atoms with van der Waals surface area (Å²) in [5.74, 6) is 0.966. The van der Waals surface area contributed by atoms with Gasteiger partial charge in [0, 0.05) is 6.20 Å². The van der Waals surface area contributed by atoms with E-state index in [9.17, 15) is 0 Å². The molecule has 90 valence electrons. The van der Waals surface area contributed by atoms with Crippen molar-refractivity contribution in [1.82, 2.24) is 9.97 Å². The lowest BCUT2D eigenvalue weighted by Gasteiger charge is -2.05. The Morgan fingerprint density at radius 3 is 2.78 bits per heavy atom. The molecule has 18 heavy (non-hydrogen) atoms. The molecule has 0 saturated carbocycles. The maximum Gasteiger partial charge on any atom is 0.115 e. The predicted molar refractivity (Wildman–Crippen MR) is 73.2 cm³/mol. The number of aromatic nitrogens is 2. The molecular weight excluding hydrogens is 242 g/mol. The fourth-order valence-electron chi connectivity index (χ4n) is 1.49. The summed E-state index contributed by atoms with van der Waals surface area (Å²) in [7, 11) is 0. The van der Waals surface area contributed by atoms with Crippen molar-refractivity contribution in [3.63, 3.8) is 0 Å². The molecule has 0 spiro atoms. The molecule has 0 aliphatic heterocycles. The van der Waals surface area contributed by atoms with Crippen molar-refractivity contribution in [2.45, 2.75) is 18.4 Å². The average Bonchev–Trinajstić information content (AvgIpc) is 2.45. The summed E-state index contributed by atoms with van der Waals surface area (Å²) in [5.41, 5.74) is 2.28. The van der Waals surface area contributed by atoms with Crippen LogP contribution < -0.4 is 0 Å². The van der Waals surface area contributed by atoms with Crippen LogP contribution in [0.15, 0.2) is 41.6 Å². The van der Waals surface area contributed by atoms with Gasteiger partial charge in [-0.1, -0.05) is 13.0 Å². The Morgan fingerprint density at radius 1 is 1.22 bits per heavy atom. The largest absolute Gasteiger partial charge is 0.255 e. The van der Waals surface area contributed by atoms with Crippen LogP contribution in [0.2, 0.25) is 0 Å². The van der Waals surface area contributed by atoms with E-state index in [2.05, 4.69) is 23.0 Å². The van der Waals surface area contributed by atoms with Gasteiger partial charge in [0.2, 0.25) is 0 Å². The monoisotopic (exact) mass is 255 g/mol. The molecular formula is C14H13N3S. The normalized spacial score (nSPS) is 10.0. The van der Waals surface area contributed by atoms with E-state index >= 15 is 0 Å². The van der Waals surface area contributed by atoms with Gasteiger partial charge in [-0.3, -0.25) is 4.98 Å². The van der Waals surface area contributed by atoms with Crippen molar-refractivity contribution in [2.75, 3.05) is 5.75 Å². The number of rotatable bonds is 4. The molecule has 0 unspecified atom stereocenters. The van der Waals surface area contributed by atoms with Gasteiger partial charge in [0.05, 0.1) is 17.0 Å². The second-order valence-corrected chi connectivity index (χ2v) is 4.81. The molecule has 2 rings (SSSR count). The molecule has 2 aromatic heterocycles. The first kappa shape index (κ1) is 12.6. The van der Waals surface area contributed by atoms with Crippen molar-refractivity contribution in [1.29, 1.82) is 5.26 Å². The van der Waals surface area contributed by atoms with Crippen molar-refractivity contribution < 1.29 is 0 Å². The summed E-state index contributed by atoms with van der Waals surface area (Å²) >= 11 is 1.62. The minimum Gasteiger partial charge on any atom is -0.255 e. The van der Waals surface area contributed by atoms with Gasteiger partial charge in [0.25, 0.3) is 0 Å². The van der Waals surface area contributed by atoms with E-state index in [1.807, 2.05) is 30.3 Å². The zero-order chi connectivity index (χ0) is 12.8. The number of hydrogen-bond donors (Lipinski definition) is 0. The van der Waals surface area contributed by atoms with Gasteiger partial charge in [0.15, 0.2) is 0 Å². The van der Waals surface area contributed by atoms with Gasteiger partial charge in [-0.25, -0.2) is 4.98 Å². The standard InChI is InChI=1S/C14H13N3S/c1-2-9-18-14-11(10-15)6-7-13(17-14)12-5-3-4-8-16-12/h3-8H,2,9H2,1H3. The highest BCUT2D eigenvalue weighted by molar-refractivity contribution is 7.99. The molecule has 0 bridgehead atoms. The molecule has 0 fully saturated rings. The number of nitrogens with zero attached hydrogens (tertiary/aromatic N) is 3. The molecule has 0 N–H and O–H groups in total. The molecule has 4 heteroatoms. The molecule has 3 nitrogen and oxygen atoms in total. The zero-order valence-electron chi connectivity index (χ0n) is 10.1. The summed E-state index contributed by atoms with van der Waals surface area (Å²) in [5, 5.41) is 9.85. The Balaban J connectivity index is 2.37. The topological polar surface area (TPSA) is 49.6 Å². The number of thioether (sulfide) groups is 1. The number of hydrogen-bond acceptors (Lipinski definition) is 4. The van der Waals surface area contributed by atoms with Crippen molar-refractivity contribution in [3.05, 3.63) is 42.1 Å². The van der Waals surface area contributed by atoms with E-state index in [1.165, 1.54) is 0 Å². The lowest BCUT2D eigenvalue weighted by Crippen LogP contribution is -1.92. The van der Waals surface area contributed by atoms with Gasteiger partial charge in [-0.15, -0.1) is 11.8 Å². The Kier molecular flexibility index (Phi) is 4.32. The van der Waals surface area contributed by atoms with E-state index in [0.717, 1.165) is 28.6 Å². The molecule has 0 aromatic carbocycles. The molecule has 0 aliphatic carbocycles. The number of nitriles is 1. The van der Waals surface area contributed by atoms with Crippen LogP contribution in [0.1, 0.15) is 18.9 Å². The van der Waals surface area contributed by atoms with Crippen LogP contribution in [-0.4, -0.2) is 15.7 Å². The third-order valence-corrected chi connectivity index (χ3v) is 3.55. The molecule has 2 aromatic rings. The second-order valence-electron chi connectivity index (χ2n) is 3.72. The Morgan fingerprint density at radius 2 is 2.11 bits per heavy atom. The fraction of sp³-hybridized carbons (Fsp3) is 0.214. The van der Waals surface area contributed by atoms with Crippen LogP contribution in [0.3, 0.4) is 0 Å². The third kappa shape index (κ3) is 2.88. The minimum absolute atomic E-state index is 0.633. The second kappa shape index (κ2) is 6.18. The zero-order valence-corrected chi connectivity index (χ0v) is 10.9. The van der Waals surface area contributed by atoms with Gasteiger partial charge < -0.3 is 0 Å². The highest BCUT2D eigenvalue weighted by atomic mass is 32.2. The molecule has 0 radical (unpaired) electrons. The minimum atomic E-state index is 0.633. The van der Waals surface area contributed by atoms with E-state index in [4.69, 9.17) is 5.26 Å². The fourth-order valence-corrected chi connectivity index (χ4v) is 2.32. The van der Waals surface area contributed by atoms with Crippen molar-refractivity contribution >= 4 is 11.8 Å². The van der Waals surface area contributed by atoms with Crippen LogP contribution in [0, 0.1) is 11.3 Å². The molecule has 0 amide bonds. The Bertz CT molecular complexity index is 561. The summed E-state index contributed by atoms with van der Waals surface area (Å²) < 4.78 is 0. The van der Waals surface area contributed by atoms with E-state index in [-0.39, 0.29) is 0 Å². The van der Waals surface area contributed by atoms with E-state index < -0.39 is 0 Å². The first-order valence-electron chi connectivity index (χ1n) is 5.80. The molecule has 2 heterocycles. The van der Waals surface area contributed by atoms with Gasteiger partial charge >= 0.3 is 0 Å². The van der Waals surface area contributed by atoms with E-state index in [0.29, 0.717) is 5.56 Å². The lowest BCUT2D eigenvalue weighted by molar-refractivity contribution is 1.07. The molecule has 0 saturated heterocycles. The van der Waals surface area contributed by atoms with Crippen molar-refractivity contribution in [3.8, 4) is 17.5 Å².